The lowest BCUT2D eigenvalue weighted by Gasteiger charge is -2.20. The van der Waals surface area contributed by atoms with Gasteiger partial charge in [-0.2, -0.15) is 0 Å². The summed E-state index contributed by atoms with van der Waals surface area (Å²) in [5.74, 6) is 1.94. The number of methoxy groups -OCH3 is 1. The van der Waals surface area contributed by atoms with Crippen LogP contribution in [0, 0.1) is 6.92 Å². The minimum atomic E-state index is -0.215. The zero-order valence-corrected chi connectivity index (χ0v) is 18.6. The monoisotopic (exact) mass is 437 g/mol. The Balaban J connectivity index is 1.63. The van der Waals surface area contributed by atoms with Gasteiger partial charge in [0.25, 0.3) is 0 Å². The van der Waals surface area contributed by atoms with Gasteiger partial charge in [-0.25, -0.2) is 9.97 Å². The highest BCUT2D eigenvalue weighted by Gasteiger charge is 2.26. The van der Waals surface area contributed by atoms with E-state index < -0.39 is 0 Å². The number of aryl methyl sites for hydroxylation is 1. The van der Waals surface area contributed by atoms with E-state index in [0.717, 1.165) is 46.9 Å². The van der Waals surface area contributed by atoms with Crippen LogP contribution in [0.3, 0.4) is 0 Å². The molecule has 1 aliphatic rings. The third kappa shape index (κ3) is 4.35. The molecule has 1 aliphatic heterocycles. The van der Waals surface area contributed by atoms with Crippen LogP contribution >= 0.6 is 11.6 Å². The molecule has 3 aromatic rings. The Labute approximate surface area is 186 Å². The second kappa shape index (κ2) is 8.94. The summed E-state index contributed by atoms with van der Waals surface area (Å²) < 4.78 is 10.3. The van der Waals surface area contributed by atoms with Crippen molar-refractivity contribution in [3.63, 3.8) is 0 Å². The number of carbonyl (C=O) groups excluding carboxylic acids is 1. The van der Waals surface area contributed by atoms with Crippen LogP contribution in [0.1, 0.15) is 23.7 Å². The Hall–Kier alpha value is -3.12. The normalized spacial score (nSPS) is 12.6. The summed E-state index contributed by atoms with van der Waals surface area (Å²) in [5.41, 5.74) is 4.91. The third-order valence-electron chi connectivity index (χ3n) is 5.34. The van der Waals surface area contributed by atoms with Gasteiger partial charge in [0, 0.05) is 29.1 Å². The van der Waals surface area contributed by atoms with Crippen LogP contribution in [0.2, 0.25) is 5.02 Å². The molecule has 0 amide bonds. The van der Waals surface area contributed by atoms with E-state index >= 15 is 0 Å². The number of nitrogens with zero attached hydrogens (tertiary/aromatic N) is 3. The quantitative estimate of drug-likeness (QED) is 0.510. The summed E-state index contributed by atoms with van der Waals surface area (Å²) in [6.45, 7) is 5.04. The molecule has 0 bridgehead atoms. The summed E-state index contributed by atoms with van der Waals surface area (Å²) in [5, 5.41) is 0.524. The predicted octanol–water partition coefficient (Wildman–Crippen LogP) is 4.91. The molecule has 31 heavy (non-hydrogen) atoms. The van der Waals surface area contributed by atoms with Crippen LogP contribution in [-0.2, 0) is 22.4 Å². The third-order valence-corrected chi connectivity index (χ3v) is 5.64. The highest BCUT2D eigenvalue weighted by molar-refractivity contribution is 6.32. The lowest BCUT2D eigenvalue weighted by atomic mass is 10.1. The van der Waals surface area contributed by atoms with E-state index in [9.17, 15) is 4.79 Å². The number of aromatic nitrogens is 2. The van der Waals surface area contributed by atoms with Gasteiger partial charge in [0.1, 0.15) is 11.6 Å². The number of esters is 1. The molecule has 2 heterocycles. The van der Waals surface area contributed by atoms with Crippen LogP contribution in [0.25, 0.3) is 11.4 Å². The van der Waals surface area contributed by atoms with E-state index in [1.807, 2.05) is 56.3 Å². The van der Waals surface area contributed by atoms with Crippen molar-refractivity contribution in [2.45, 2.75) is 26.7 Å². The molecule has 4 rings (SSSR count). The Kier molecular flexibility index (Phi) is 6.09. The Morgan fingerprint density at radius 1 is 1.16 bits per heavy atom. The molecular weight excluding hydrogens is 414 g/mol. The SMILES string of the molecule is CCOC(=O)Cc1ccc(N2CCc3c(C)nc(-c4ccc(OC)c(Cl)c4)nc32)cc1. The molecule has 0 spiro atoms. The molecule has 6 nitrogen and oxygen atoms in total. The fraction of sp³-hybridized carbons (Fsp3) is 0.292. The maximum atomic E-state index is 11.7. The first-order valence-corrected chi connectivity index (χ1v) is 10.6. The molecule has 0 radical (unpaired) electrons. The van der Waals surface area contributed by atoms with Gasteiger partial charge < -0.3 is 14.4 Å². The predicted molar refractivity (Wildman–Crippen MR) is 121 cm³/mol. The molecule has 0 saturated carbocycles. The van der Waals surface area contributed by atoms with Gasteiger partial charge in [0.2, 0.25) is 0 Å². The van der Waals surface area contributed by atoms with E-state index in [2.05, 4.69) is 4.90 Å². The molecule has 0 fully saturated rings. The van der Waals surface area contributed by atoms with Crippen LogP contribution < -0.4 is 9.64 Å². The second-order valence-electron chi connectivity index (χ2n) is 7.33. The van der Waals surface area contributed by atoms with Gasteiger partial charge in [-0.05, 0) is 56.2 Å². The van der Waals surface area contributed by atoms with Gasteiger partial charge in [-0.15, -0.1) is 0 Å². The van der Waals surface area contributed by atoms with Crippen LogP contribution in [0.5, 0.6) is 5.75 Å². The highest BCUT2D eigenvalue weighted by Crippen LogP contribution is 2.36. The lowest BCUT2D eigenvalue weighted by Crippen LogP contribution is -2.15. The first kappa shape index (κ1) is 21.1. The maximum Gasteiger partial charge on any atom is 0.310 e. The van der Waals surface area contributed by atoms with Gasteiger partial charge in [-0.3, -0.25) is 4.79 Å². The van der Waals surface area contributed by atoms with Crippen molar-refractivity contribution in [3.8, 4) is 17.1 Å². The molecule has 2 aromatic carbocycles. The molecule has 1 aromatic heterocycles. The standard InChI is InChI=1S/C24H24ClN3O3/c1-4-31-22(29)13-16-5-8-18(9-6-16)28-12-11-19-15(2)26-23(27-24(19)28)17-7-10-21(30-3)20(25)14-17/h5-10,14H,4,11-13H2,1-3H3. The van der Waals surface area contributed by atoms with E-state index in [4.69, 9.17) is 31.0 Å². The molecule has 0 unspecified atom stereocenters. The molecular formula is C24H24ClN3O3. The van der Waals surface area contributed by atoms with Gasteiger partial charge in [0.05, 0.1) is 25.2 Å². The smallest absolute Gasteiger partial charge is 0.310 e. The minimum Gasteiger partial charge on any atom is -0.495 e. The maximum absolute atomic E-state index is 11.7. The lowest BCUT2D eigenvalue weighted by molar-refractivity contribution is -0.142. The highest BCUT2D eigenvalue weighted by atomic mass is 35.5. The number of anilines is 2. The number of carbonyl (C=O) groups is 1. The average molecular weight is 438 g/mol. The summed E-state index contributed by atoms with van der Waals surface area (Å²) >= 11 is 6.31. The largest absolute Gasteiger partial charge is 0.495 e. The van der Waals surface area contributed by atoms with Gasteiger partial charge in [-0.1, -0.05) is 23.7 Å². The summed E-state index contributed by atoms with van der Waals surface area (Å²) in [6, 6.07) is 13.5. The fourth-order valence-corrected chi connectivity index (χ4v) is 4.04. The van der Waals surface area contributed by atoms with Crippen molar-refractivity contribution in [1.29, 1.82) is 0 Å². The van der Waals surface area contributed by atoms with E-state index in [1.54, 1.807) is 7.11 Å². The van der Waals surface area contributed by atoms with Crippen molar-refractivity contribution < 1.29 is 14.3 Å². The van der Waals surface area contributed by atoms with Crippen molar-refractivity contribution in [1.82, 2.24) is 9.97 Å². The van der Waals surface area contributed by atoms with Crippen molar-refractivity contribution in [2.24, 2.45) is 0 Å². The number of rotatable bonds is 6. The number of ether oxygens (including phenoxy) is 2. The number of benzene rings is 2. The molecule has 0 saturated heterocycles. The van der Waals surface area contributed by atoms with E-state index in [1.165, 1.54) is 0 Å². The zero-order valence-electron chi connectivity index (χ0n) is 17.8. The number of hydrogen-bond donors (Lipinski definition) is 0. The zero-order chi connectivity index (χ0) is 22.0. The van der Waals surface area contributed by atoms with E-state index in [-0.39, 0.29) is 12.4 Å². The Bertz CT molecular complexity index is 1120. The van der Waals surface area contributed by atoms with Crippen LogP contribution in [-0.4, -0.2) is 36.2 Å². The minimum absolute atomic E-state index is 0.215. The summed E-state index contributed by atoms with van der Waals surface area (Å²) in [4.78, 5) is 23.5. The van der Waals surface area contributed by atoms with Crippen molar-refractivity contribution in [2.75, 3.05) is 25.2 Å². The van der Waals surface area contributed by atoms with Gasteiger partial charge >= 0.3 is 5.97 Å². The Morgan fingerprint density at radius 2 is 1.94 bits per heavy atom. The molecule has 0 atom stereocenters. The molecule has 0 aliphatic carbocycles. The van der Waals surface area contributed by atoms with Crippen LogP contribution in [0.15, 0.2) is 42.5 Å². The number of fused-ring (bicyclic) bond motifs is 1. The topological polar surface area (TPSA) is 64.5 Å². The summed E-state index contributed by atoms with van der Waals surface area (Å²) in [6.07, 6.45) is 1.16. The first-order valence-electron chi connectivity index (χ1n) is 10.2. The van der Waals surface area contributed by atoms with Crippen molar-refractivity contribution in [3.05, 3.63) is 64.3 Å². The molecule has 0 N–H and O–H groups in total. The molecule has 160 valence electrons. The van der Waals surface area contributed by atoms with Gasteiger partial charge in [0.15, 0.2) is 5.82 Å². The average Bonchev–Trinajstić information content (AvgIpc) is 3.19. The fourth-order valence-electron chi connectivity index (χ4n) is 3.78. The molecule has 7 heteroatoms. The van der Waals surface area contributed by atoms with E-state index in [0.29, 0.717) is 23.2 Å². The Morgan fingerprint density at radius 3 is 2.61 bits per heavy atom. The van der Waals surface area contributed by atoms with Crippen LogP contribution in [0.4, 0.5) is 11.5 Å². The number of halogens is 1. The summed E-state index contributed by atoms with van der Waals surface area (Å²) in [7, 11) is 1.59. The van der Waals surface area contributed by atoms with Crippen molar-refractivity contribution >= 4 is 29.1 Å². The number of hydrogen-bond acceptors (Lipinski definition) is 6. The second-order valence-corrected chi connectivity index (χ2v) is 7.74. The first-order chi connectivity index (χ1) is 15.0.